The second kappa shape index (κ2) is 9.56. The fourth-order valence-electron chi connectivity index (χ4n) is 3.19. The van der Waals surface area contributed by atoms with E-state index in [0.29, 0.717) is 34.6 Å². The predicted molar refractivity (Wildman–Crippen MR) is 123 cm³/mol. The first-order valence-corrected chi connectivity index (χ1v) is 12.5. The Bertz CT molecular complexity index is 1200. The average Bonchev–Trinajstić information content (AvgIpc) is 3.12. The summed E-state index contributed by atoms with van der Waals surface area (Å²) >= 11 is 7.42. The molecule has 0 saturated heterocycles. The summed E-state index contributed by atoms with van der Waals surface area (Å²) in [5.41, 5.74) is 2.97. The lowest BCUT2D eigenvalue weighted by molar-refractivity contribution is -0.113. The van der Waals surface area contributed by atoms with E-state index in [4.69, 9.17) is 11.6 Å². The van der Waals surface area contributed by atoms with Gasteiger partial charge in [-0.05, 0) is 43.2 Å². The molecule has 0 aliphatic heterocycles. The maximum Gasteiger partial charge on any atom is 0.244 e. The molecule has 1 aromatic carbocycles. The van der Waals surface area contributed by atoms with E-state index >= 15 is 0 Å². The summed E-state index contributed by atoms with van der Waals surface area (Å²) in [6.07, 6.45) is 1.49. The number of sulfonamides is 1. The first-order chi connectivity index (χ1) is 14.7. The van der Waals surface area contributed by atoms with E-state index in [1.54, 1.807) is 30.4 Å². The van der Waals surface area contributed by atoms with Crippen molar-refractivity contribution in [3.8, 4) is 0 Å². The number of pyridine rings is 1. The molecule has 11 heteroatoms. The van der Waals surface area contributed by atoms with Gasteiger partial charge in [0.1, 0.15) is 0 Å². The summed E-state index contributed by atoms with van der Waals surface area (Å²) in [5.74, 6) is -0.181. The number of nitrogens with one attached hydrogen (secondary N) is 1. The molecule has 0 fully saturated rings. The summed E-state index contributed by atoms with van der Waals surface area (Å²) < 4.78 is 28.6. The molecule has 0 radical (unpaired) electrons. The maximum atomic E-state index is 12.8. The number of aryl methyl sites for hydroxylation is 2. The van der Waals surface area contributed by atoms with Crippen LogP contribution >= 0.6 is 23.4 Å². The molecular weight excluding hydrogens is 458 g/mol. The lowest BCUT2D eigenvalue weighted by atomic mass is 10.1. The molecule has 1 N–H and O–H groups in total. The van der Waals surface area contributed by atoms with Gasteiger partial charge in [0.25, 0.3) is 0 Å². The molecule has 0 aliphatic carbocycles. The molecule has 0 aliphatic rings. The highest BCUT2D eigenvalue weighted by Crippen LogP contribution is 2.28. The van der Waals surface area contributed by atoms with Crippen LogP contribution in [0.4, 0.5) is 5.69 Å². The summed E-state index contributed by atoms with van der Waals surface area (Å²) in [4.78, 5) is 12.6. The van der Waals surface area contributed by atoms with Gasteiger partial charge in [-0.25, -0.2) is 8.42 Å². The highest BCUT2D eigenvalue weighted by Gasteiger charge is 2.23. The maximum absolute atomic E-state index is 12.8. The minimum Gasteiger partial charge on any atom is -0.324 e. The van der Waals surface area contributed by atoms with Gasteiger partial charge >= 0.3 is 0 Å². The minimum atomic E-state index is -3.62. The number of amides is 1. The van der Waals surface area contributed by atoms with Crippen LogP contribution in [0.25, 0.3) is 5.65 Å². The van der Waals surface area contributed by atoms with Crippen LogP contribution in [0.15, 0.2) is 40.5 Å². The zero-order valence-electron chi connectivity index (χ0n) is 17.7. The number of hydrogen-bond donors (Lipinski definition) is 1. The highest BCUT2D eigenvalue weighted by molar-refractivity contribution is 7.99. The van der Waals surface area contributed by atoms with Gasteiger partial charge in [0.15, 0.2) is 10.8 Å². The molecule has 2 heterocycles. The van der Waals surface area contributed by atoms with E-state index < -0.39 is 10.0 Å². The van der Waals surface area contributed by atoms with Crippen LogP contribution in [0.3, 0.4) is 0 Å². The monoisotopic (exact) mass is 481 g/mol. The molecule has 8 nitrogen and oxygen atoms in total. The van der Waals surface area contributed by atoms with E-state index in [2.05, 4.69) is 15.5 Å². The van der Waals surface area contributed by atoms with Crippen molar-refractivity contribution >= 4 is 50.6 Å². The Hall–Kier alpha value is -2.14. The van der Waals surface area contributed by atoms with E-state index in [9.17, 15) is 13.2 Å². The fourth-order valence-corrected chi connectivity index (χ4v) is 5.73. The van der Waals surface area contributed by atoms with Gasteiger partial charge in [0.05, 0.1) is 21.4 Å². The third-order valence-electron chi connectivity index (χ3n) is 4.72. The molecule has 31 heavy (non-hydrogen) atoms. The van der Waals surface area contributed by atoms with E-state index in [1.807, 2.05) is 19.9 Å². The molecule has 0 saturated carbocycles. The molecule has 3 aromatic rings. The molecule has 3 rings (SSSR count). The van der Waals surface area contributed by atoms with Crippen molar-refractivity contribution in [1.82, 2.24) is 18.9 Å². The molecule has 1 amide bonds. The number of fused-ring (bicyclic) bond motifs is 1. The Morgan fingerprint density at radius 3 is 2.55 bits per heavy atom. The number of thioether (sulfide) groups is 1. The summed E-state index contributed by atoms with van der Waals surface area (Å²) in [5, 5.41) is 11.9. The molecule has 0 spiro atoms. The standard InChI is InChI=1S/C20H24ClN5O3S2/c1-5-25(6-2)31(28,29)15-7-8-17-23-24-20(26(17)11-15)30-12-18(27)22-19-14(4)9-13(3)10-16(19)21/h7-11H,5-6,12H2,1-4H3,(H,22,27). The van der Waals surface area contributed by atoms with Crippen molar-refractivity contribution in [1.29, 1.82) is 0 Å². The third kappa shape index (κ3) is 5.03. The van der Waals surface area contributed by atoms with Crippen LogP contribution in [0.5, 0.6) is 0 Å². The number of anilines is 1. The van der Waals surface area contributed by atoms with Crippen molar-refractivity contribution in [2.24, 2.45) is 0 Å². The second-order valence-corrected chi connectivity index (χ2v) is 10.2. The Balaban J connectivity index is 1.79. The van der Waals surface area contributed by atoms with Crippen LogP contribution in [0.1, 0.15) is 25.0 Å². The largest absolute Gasteiger partial charge is 0.324 e. The minimum absolute atomic E-state index is 0.0669. The van der Waals surface area contributed by atoms with Crippen LogP contribution in [0, 0.1) is 13.8 Å². The SMILES string of the molecule is CCN(CC)S(=O)(=O)c1ccc2nnc(SCC(=O)Nc3c(C)cc(C)cc3Cl)n2c1. The quantitative estimate of drug-likeness (QED) is 0.492. The smallest absolute Gasteiger partial charge is 0.244 e. The highest BCUT2D eigenvalue weighted by atomic mass is 35.5. The summed E-state index contributed by atoms with van der Waals surface area (Å²) in [6, 6.07) is 6.85. The number of rotatable bonds is 8. The predicted octanol–water partition coefficient (Wildman–Crippen LogP) is 3.76. The molecule has 0 unspecified atom stereocenters. The Kier molecular flexibility index (Phi) is 7.25. The van der Waals surface area contributed by atoms with Gasteiger partial charge in [-0.3, -0.25) is 9.20 Å². The van der Waals surface area contributed by atoms with Crippen molar-refractivity contribution < 1.29 is 13.2 Å². The number of nitrogens with zero attached hydrogens (tertiary/aromatic N) is 4. The average molecular weight is 482 g/mol. The first-order valence-electron chi connectivity index (χ1n) is 9.71. The number of hydrogen-bond acceptors (Lipinski definition) is 6. The van der Waals surface area contributed by atoms with Crippen molar-refractivity contribution in [2.75, 3.05) is 24.2 Å². The van der Waals surface area contributed by atoms with Crippen LogP contribution in [-0.2, 0) is 14.8 Å². The zero-order valence-corrected chi connectivity index (χ0v) is 20.1. The Labute approximate surface area is 191 Å². The van der Waals surface area contributed by atoms with Gasteiger partial charge in [0, 0.05) is 19.3 Å². The van der Waals surface area contributed by atoms with E-state index in [1.165, 1.54) is 16.6 Å². The van der Waals surface area contributed by atoms with Gasteiger partial charge in [0.2, 0.25) is 15.9 Å². The van der Waals surface area contributed by atoms with Crippen LogP contribution < -0.4 is 5.32 Å². The van der Waals surface area contributed by atoms with Crippen molar-refractivity contribution in [3.05, 3.63) is 46.6 Å². The number of carbonyl (C=O) groups excluding carboxylic acids is 1. The number of aromatic nitrogens is 3. The summed E-state index contributed by atoms with van der Waals surface area (Å²) in [7, 11) is -3.62. The van der Waals surface area contributed by atoms with E-state index in [0.717, 1.165) is 22.9 Å². The van der Waals surface area contributed by atoms with Gasteiger partial charge in [-0.15, -0.1) is 10.2 Å². The second-order valence-electron chi connectivity index (χ2n) is 6.94. The molecular formula is C20H24ClN5O3S2. The van der Waals surface area contributed by atoms with Crippen molar-refractivity contribution in [2.45, 2.75) is 37.7 Å². The van der Waals surface area contributed by atoms with Crippen molar-refractivity contribution in [3.63, 3.8) is 0 Å². The lowest BCUT2D eigenvalue weighted by Gasteiger charge is -2.18. The molecule has 2 aromatic heterocycles. The normalized spacial score (nSPS) is 11.9. The Morgan fingerprint density at radius 1 is 1.19 bits per heavy atom. The lowest BCUT2D eigenvalue weighted by Crippen LogP contribution is -2.30. The number of benzene rings is 1. The first kappa shape index (κ1) is 23.5. The van der Waals surface area contributed by atoms with Crippen LogP contribution in [0.2, 0.25) is 5.02 Å². The number of carbonyl (C=O) groups is 1. The van der Waals surface area contributed by atoms with Crippen LogP contribution in [-0.4, -0.2) is 52.1 Å². The molecule has 166 valence electrons. The topological polar surface area (TPSA) is 96.7 Å². The van der Waals surface area contributed by atoms with Gasteiger partial charge < -0.3 is 5.32 Å². The molecule has 0 bridgehead atoms. The van der Waals surface area contributed by atoms with E-state index in [-0.39, 0.29) is 16.6 Å². The number of halogens is 1. The van der Waals surface area contributed by atoms with Gasteiger partial charge in [-0.2, -0.15) is 4.31 Å². The Morgan fingerprint density at radius 2 is 1.90 bits per heavy atom. The fraction of sp³-hybridized carbons (Fsp3) is 0.350. The zero-order chi connectivity index (χ0) is 22.8. The van der Waals surface area contributed by atoms with Gasteiger partial charge in [-0.1, -0.05) is 43.3 Å². The third-order valence-corrected chi connectivity index (χ3v) is 7.99. The summed E-state index contributed by atoms with van der Waals surface area (Å²) in [6.45, 7) is 8.15. The molecule has 0 atom stereocenters.